The van der Waals surface area contributed by atoms with Crippen LogP contribution < -0.4 is 15.0 Å². The van der Waals surface area contributed by atoms with Crippen molar-refractivity contribution >= 4 is 28.8 Å². The third-order valence-electron chi connectivity index (χ3n) is 6.24. The van der Waals surface area contributed by atoms with Gasteiger partial charge >= 0.3 is 0 Å². The smallest absolute Gasteiger partial charge is 0.163 e. The molecule has 3 aromatic rings. The third kappa shape index (κ3) is 3.87. The fraction of sp³-hybridized carbons (Fsp3) is 0.222. The molecule has 1 aliphatic heterocycles. The highest BCUT2D eigenvalue weighted by atomic mass is 35.5. The van der Waals surface area contributed by atoms with Crippen LogP contribution in [-0.2, 0) is 11.3 Å². The number of Topliss-reactive ketones (excluding diaryl/α,β-unsaturated/α-hetero) is 1. The van der Waals surface area contributed by atoms with Crippen molar-refractivity contribution in [3.63, 3.8) is 0 Å². The number of ketones is 1. The highest BCUT2D eigenvalue weighted by Gasteiger charge is 2.36. The first-order chi connectivity index (χ1) is 15.6. The Hall–Kier alpha value is -3.24. The third-order valence-corrected chi connectivity index (χ3v) is 6.49. The highest BCUT2D eigenvalue weighted by molar-refractivity contribution is 6.30. The van der Waals surface area contributed by atoms with Gasteiger partial charge in [-0.1, -0.05) is 48.0 Å². The Morgan fingerprint density at radius 3 is 2.50 bits per heavy atom. The van der Waals surface area contributed by atoms with E-state index in [1.165, 1.54) is 0 Å². The molecule has 3 aromatic carbocycles. The molecule has 0 fully saturated rings. The fourth-order valence-corrected chi connectivity index (χ4v) is 4.82. The minimum absolute atomic E-state index is 0.201. The molecule has 1 aliphatic carbocycles. The molecule has 0 saturated heterocycles. The lowest BCUT2D eigenvalue weighted by molar-refractivity contribution is -0.116. The number of fused-ring (bicyclic) bond motifs is 1. The molecule has 0 aromatic heterocycles. The lowest BCUT2D eigenvalue weighted by Gasteiger charge is -2.35. The Balaban J connectivity index is 1.69. The van der Waals surface area contributed by atoms with E-state index in [0.717, 1.165) is 52.4 Å². The van der Waals surface area contributed by atoms with Crippen LogP contribution in [0, 0.1) is 0 Å². The maximum Gasteiger partial charge on any atom is 0.163 e. The standard InChI is InChI=1S/C27H25ClN2O2/c1-32-21-15-9-18(10-16-21)17-30-24-7-3-2-5-22(24)29-23-6-4-8-25(31)26(23)27(30)19-11-13-20(28)14-12-19/h2-3,5,7,9-16,27,29H,4,6,8,17H2,1H3/t27-/m0/s1. The van der Waals surface area contributed by atoms with Crippen molar-refractivity contribution in [3.05, 3.63) is 100 Å². The van der Waals surface area contributed by atoms with E-state index in [0.29, 0.717) is 18.0 Å². The topological polar surface area (TPSA) is 41.6 Å². The maximum absolute atomic E-state index is 13.3. The van der Waals surface area contributed by atoms with Gasteiger partial charge in [-0.05, 0) is 60.4 Å². The fourth-order valence-electron chi connectivity index (χ4n) is 4.69. The number of ether oxygens (including phenoxy) is 1. The second-order valence-corrected chi connectivity index (χ2v) is 8.68. The molecule has 0 bridgehead atoms. The van der Waals surface area contributed by atoms with Crippen molar-refractivity contribution in [2.24, 2.45) is 0 Å². The zero-order valence-electron chi connectivity index (χ0n) is 18.0. The van der Waals surface area contributed by atoms with Gasteiger partial charge in [-0.15, -0.1) is 0 Å². The number of benzene rings is 3. The summed E-state index contributed by atoms with van der Waals surface area (Å²) in [4.78, 5) is 15.6. The van der Waals surface area contributed by atoms with Gasteiger partial charge in [-0.25, -0.2) is 0 Å². The normalized spacial score (nSPS) is 17.9. The Morgan fingerprint density at radius 2 is 1.75 bits per heavy atom. The van der Waals surface area contributed by atoms with Gasteiger partial charge < -0.3 is 15.0 Å². The van der Waals surface area contributed by atoms with Crippen LogP contribution in [0.5, 0.6) is 5.75 Å². The highest BCUT2D eigenvalue weighted by Crippen LogP contribution is 2.45. The lowest BCUT2D eigenvalue weighted by Crippen LogP contribution is -2.33. The number of hydrogen-bond acceptors (Lipinski definition) is 4. The van der Waals surface area contributed by atoms with Crippen LogP contribution in [0.4, 0.5) is 11.4 Å². The summed E-state index contributed by atoms with van der Waals surface area (Å²) in [5.41, 5.74) is 6.20. The SMILES string of the molecule is COc1ccc(CN2c3ccccc3NC3=C(C(=O)CCC3)[C@@H]2c2ccc(Cl)cc2)cc1. The average molecular weight is 445 g/mol. The number of allylic oxidation sites excluding steroid dienone is 1. The number of carbonyl (C=O) groups excluding carboxylic acids is 1. The number of nitrogens with one attached hydrogen (secondary N) is 1. The van der Waals surface area contributed by atoms with Crippen LogP contribution in [0.1, 0.15) is 36.4 Å². The summed E-state index contributed by atoms with van der Waals surface area (Å²) in [6.07, 6.45) is 2.33. The van der Waals surface area contributed by atoms with Gasteiger partial charge in [0.25, 0.3) is 0 Å². The molecular weight excluding hydrogens is 420 g/mol. The molecule has 0 unspecified atom stereocenters. The van der Waals surface area contributed by atoms with Gasteiger partial charge in [-0.2, -0.15) is 0 Å². The molecular formula is C27H25ClN2O2. The first kappa shape index (κ1) is 20.7. The summed E-state index contributed by atoms with van der Waals surface area (Å²) in [7, 11) is 1.67. The van der Waals surface area contributed by atoms with Crippen molar-refractivity contribution in [1.29, 1.82) is 0 Å². The lowest BCUT2D eigenvalue weighted by atomic mass is 9.85. The molecule has 4 nitrogen and oxygen atoms in total. The van der Waals surface area contributed by atoms with Crippen molar-refractivity contribution < 1.29 is 9.53 Å². The van der Waals surface area contributed by atoms with Gasteiger partial charge in [0.2, 0.25) is 0 Å². The summed E-state index contributed by atoms with van der Waals surface area (Å²) >= 11 is 6.21. The second-order valence-electron chi connectivity index (χ2n) is 8.24. The van der Waals surface area contributed by atoms with Gasteiger partial charge in [0.15, 0.2) is 5.78 Å². The van der Waals surface area contributed by atoms with E-state index in [4.69, 9.17) is 16.3 Å². The van der Waals surface area contributed by atoms with Crippen LogP contribution >= 0.6 is 11.6 Å². The van der Waals surface area contributed by atoms with Gasteiger partial charge in [0.05, 0.1) is 24.5 Å². The summed E-state index contributed by atoms with van der Waals surface area (Å²) < 4.78 is 5.33. The number of anilines is 2. The average Bonchev–Trinajstić information content (AvgIpc) is 2.95. The first-order valence-electron chi connectivity index (χ1n) is 10.9. The molecule has 5 rings (SSSR count). The molecule has 2 aliphatic rings. The molecule has 1 heterocycles. The number of methoxy groups -OCH3 is 1. The molecule has 0 radical (unpaired) electrons. The van der Waals surface area contributed by atoms with E-state index in [9.17, 15) is 4.79 Å². The zero-order valence-corrected chi connectivity index (χ0v) is 18.7. The predicted octanol–water partition coefficient (Wildman–Crippen LogP) is 6.53. The summed E-state index contributed by atoms with van der Waals surface area (Å²) in [5.74, 6) is 1.04. The number of para-hydroxylation sites is 2. The minimum Gasteiger partial charge on any atom is -0.497 e. The van der Waals surface area contributed by atoms with E-state index >= 15 is 0 Å². The number of hydrogen-bond donors (Lipinski definition) is 1. The van der Waals surface area contributed by atoms with Gasteiger partial charge in [0, 0.05) is 29.3 Å². The number of carbonyl (C=O) groups is 1. The summed E-state index contributed by atoms with van der Waals surface area (Å²) in [6, 6.07) is 24.1. The van der Waals surface area contributed by atoms with E-state index in [-0.39, 0.29) is 11.8 Å². The molecule has 0 spiro atoms. The number of nitrogens with zero attached hydrogens (tertiary/aromatic N) is 1. The van der Waals surface area contributed by atoms with Crippen LogP contribution in [0.2, 0.25) is 5.02 Å². The Morgan fingerprint density at radius 1 is 1.00 bits per heavy atom. The molecule has 32 heavy (non-hydrogen) atoms. The van der Waals surface area contributed by atoms with Crippen LogP contribution in [-0.4, -0.2) is 12.9 Å². The summed E-state index contributed by atoms with van der Waals surface area (Å²) in [6.45, 7) is 0.653. The molecule has 1 N–H and O–H groups in total. The maximum atomic E-state index is 13.3. The van der Waals surface area contributed by atoms with Crippen molar-refractivity contribution in [3.8, 4) is 5.75 Å². The van der Waals surface area contributed by atoms with Gasteiger partial charge in [0.1, 0.15) is 5.75 Å². The van der Waals surface area contributed by atoms with E-state index in [2.05, 4.69) is 34.5 Å². The zero-order chi connectivity index (χ0) is 22.1. The Labute approximate surface area is 193 Å². The Kier molecular flexibility index (Phi) is 5.62. The molecule has 5 heteroatoms. The number of halogens is 1. The van der Waals surface area contributed by atoms with Crippen molar-refractivity contribution in [1.82, 2.24) is 0 Å². The molecule has 1 atom stereocenters. The quantitative estimate of drug-likeness (QED) is 0.496. The predicted molar refractivity (Wildman–Crippen MR) is 129 cm³/mol. The summed E-state index contributed by atoms with van der Waals surface area (Å²) in [5, 5.41) is 4.29. The molecule has 0 saturated carbocycles. The first-order valence-corrected chi connectivity index (χ1v) is 11.3. The molecule has 0 amide bonds. The van der Waals surface area contributed by atoms with E-state index < -0.39 is 0 Å². The largest absolute Gasteiger partial charge is 0.497 e. The molecule has 162 valence electrons. The van der Waals surface area contributed by atoms with E-state index in [1.54, 1.807) is 7.11 Å². The van der Waals surface area contributed by atoms with Crippen LogP contribution in [0.3, 0.4) is 0 Å². The monoisotopic (exact) mass is 444 g/mol. The second kappa shape index (κ2) is 8.71. The van der Waals surface area contributed by atoms with Crippen molar-refractivity contribution in [2.75, 3.05) is 17.3 Å². The van der Waals surface area contributed by atoms with Crippen LogP contribution in [0.15, 0.2) is 84.1 Å². The van der Waals surface area contributed by atoms with Gasteiger partial charge in [-0.3, -0.25) is 4.79 Å². The Bertz CT molecular complexity index is 1170. The van der Waals surface area contributed by atoms with E-state index in [1.807, 2.05) is 48.5 Å². The number of rotatable bonds is 4. The minimum atomic E-state index is -0.201. The van der Waals surface area contributed by atoms with Crippen LogP contribution in [0.25, 0.3) is 0 Å². The van der Waals surface area contributed by atoms with Crippen molar-refractivity contribution in [2.45, 2.75) is 31.8 Å².